The first-order valence-corrected chi connectivity index (χ1v) is 7.83. The summed E-state index contributed by atoms with van der Waals surface area (Å²) in [7, 11) is 0. The average Bonchev–Trinajstić information content (AvgIpc) is 2.92. The van der Waals surface area contributed by atoms with Crippen LogP contribution in [0.2, 0.25) is 0 Å². The number of hydrogen-bond donors (Lipinski definition) is 1. The Morgan fingerprint density at radius 3 is 2.36 bits per heavy atom. The lowest BCUT2D eigenvalue weighted by atomic mass is 10.1. The van der Waals surface area contributed by atoms with E-state index in [1.807, 2.05) is 0 Å². The second-order valence-electron chi connectivity index (χ2n) is 6.26. The van der Waals surface area contributed by atoms with Crippen molar-refractivity contribution in [2.75, 3.05) is 6.61 Å². The van der Waals surface area contributed by atoms with Crippen LogP contribution >= 0.6 is 0 Å². The predicted molar refractivity (Wildman–Crippen MR) is 79.6 cm³/mol. The molecule has 0 aromatic rings. The topological polar surface area (TPSA) is 119 Å². The molecule has 10 heteroatoms. The maximum atomic E-state index is 11.4. The molecular weight excluding hydrogens is 338 g/mol. The van der Waals surface area contributed by atoms with E-state index < -0.39 is 54.3 Å². The minimum atomic E-state index is -0.957. The SMILES string of the molecule is CC(=O)NO[C@H]1[C@H]2OC(C)(C)O[C@H]2O[C@@H]1[C@@H](COC(C)=O)OC(C)=O. The van der Waals surface area contributed by atoms with Gasteiger partial charge in [0.15, 0.2) is 18.2 Å². The highest BCUT2D eigenvalue weighted by Crippen LogP contribution is 2.39. The summed E-state index contributed by atoms with van der Waals surface area (Å²) in [6, 6.07) is 0. The van der Waals surface area contributed by atoms with E-state index in [0.29, 0.717) is 0 Å². The molecule has 5 atom stereocenters. The van der Waals surface area contributed by atoms with Crippen LogP contribution < -0.4 is 5.48 Å². The summed E-state index contributed by atoms with van der Waals surface area (Å²) in [5, 5.41) is 0. The number of carbonyl (C=O) groups excluding carboxylic acids is 3. The molecule has 0 radical (unpaired) electrons. The number of esters is 2. The lowest BCUT2D eigenvalue weighted by Gasteiger charge is -2.29. The third-order valence-corrected chi connectivity index (χ3v) is 3.50. The van der Waals surface area contributed by atoms with Gasteiger partial charge in [-0.3, -0.25) is 19.2 Å². The molecule has 2 aliphatic heterocycles. The maximum Gasteiger partial charge on any atom is 0.303 e. The number of ether oxygens (including phenoxy) is 5. The molecule has 0 aromatic heterocycles. The number of carbonyl (C=O) groups is 3. The van der Waals surface area contributed by atoms with Gasteiger partial charge in [-0.2, -0.15) is 0 Å². The zero-order chi connectivity index (χ0) is 18.8. The summed E-state index contributed by atoms with van der Waals surface area (Å²) >= 11 is 0. The van der Waals surface area contributed by atoms with Crippen molar-refractivity contribution in [1.29, 1.82) is 0 Å². The van der Waals surface area contributed by atoms with E-state index in [2.05, 4.69) is 5.48 Å². The fraction of sp³-hybridized carbons (Fsp3) is 0.800. The highest BCUT2D eigenvalue weighted by molar-refractivity contribution is 5.71. The van der Waals surface area contributed by atoms with Gasteiger partial charge in [0.05, 0.1) is 0 Å². The van der Waals surface area contributed by atoms with Gasteiger partial charge in [0.1, 0.15) is 24.9 Å². The highest BCUT2D eigenvalue weighted by atomic mass is 16.9. The molecule has 1 amide bonds. The molecule has 25 heavy (non-hydrogen) atoms. The number of nitrogens with one attached hydrogen (secondary N) is 1. The third-order valence-electron chi connectivity index (χ3n) is 3.50. The van der Waals surface area contributed by atoms with E-state index in [9.17, 15) is 14.4 Å². The van der Waals surface area contributed by atoms with Crippen LogP contribution in [-0.4, -0.2) is 60.9 Å². The minimum absolute atomic E-state index is 0.234. The van der Waals surface area contributed by atoms with Gasteiger partial charge in [-0.1, -0.05) is 0 Å². The number of hydroxylamine groups is 1. The van der Waals surface area contributed by atoms with Crippen molar-refractivity contribution in [3.8, 4) is 0 Å². The van der Waals surface area contributed by atoms with Crippen molar-refractivity contribution >= 4 is 17.8 Å². The molecule has 10 nitrogen and oxygen atoms in total. The Balaban J connectivity index is 2.17. The summed E-state index contributed by atoms with van der Waals surface area (Å²) < 4.78 is 27.3. The van der Waals surface area contributed by atoms with Crippen molar-refractivity contribution < 1.29 is 42.9 Å². The Morgan fingerprint density at radius 1 is 1.12 bits per heavy atom. The molecule has 2 rings (SSSR count). The molecule has 2 heterocycles. The smallest absolute Gasteiger partial charge is 0.303 e. The Morgan fingerprint density at radius 2 is 1.80 bits per heavy atom. The highest BCUT2D eigenvalue weighted by Gasteiger charge is 2.58. The maximum absolute atomic E-state index is 11.4. The minimum Gasteiger partial charge on any atom is -0.462 e. The summed E-state index contributed by atoms with van der Waals surface area (Å²) in [6.07, 6.45) is -4.12. The summed E-state index contributed by atoms with van der Waals surface area (Å²) in [4.78, 5) is 39.0. The van der Waals surface area contributed by atoms with E-state index in [-0.39, 0.29) is 6.61 Å². The standard InChI is InChI=1S/C15H23NO9/c1-7(17)16-25-12-11(10(21-9(3)19)6-20-8(2)18)22-14-13(12)23-15(4,5)24-14/h10-14H,6H2,1-5H3,(H,16,17)/t10-,11-,12-,13-,14-/m1/s1. The number of hydrogen-bond acceptors (Lipinski definition) is 9. The summed E-state index contributed by atoms with van der Waals surface area (Å²) in [5.41, 5.74) is 2.23. The number of amides is 1. The summed E-state index contributed by atoms with van der Waals surface area (Å²) in [6.45, 7) is 6.91. The Bertz CT molecular complexity index is 535. The van der Waals surface area contributed by atoms with E-state index in [1.54, 1.807) is 13.8 Å². The molecule has 2 aliphatic rings. The number of fused-ring (bicyclic) bond motifs is 1. The monoisotopic (exact) mass is 361 g/mol. The third kappa shape index (κ3) is 5.11. The van der Waals surface area contributed by atoms with Crippen molar-refractivity contribution in [1.82, 2.24) is 5.48 Å². The molecule has 2 fully saturated rings. The van der Waals surface area contributed by atoms with Gasteiger partial charge in [-0.15, -0.1) is 0 Å². The largest absolute Gasteiger partial charge is 0.462 e. The lowest BCUT2D eigenvalue weighted by molar-refractivity contribution is -0.239. The molecule has 0 bridgehead atoms. The second-order valence-corrected chi connectivity index (χ2v) is 6.26. The quantitative estimate of drug-likeness (QED) is 0.506. The van der Waals surface area contributed by atoms with Gasteiger partial charge in [0, 0.05) is 20.8 Å². The van der Waals surface area contributed by atoms with Gasteiger partial charge >= 0.3 is 11.9 Å². The lowest BCUT2D eigenvalue weighted by Crippen LogP contribution is -2.48. The molecule has 0 aliphatic carbocycles. The van der Waals surface area contributed by atoms with Crippen LogP contribution in [0.5, 0.6) is 0 Å². The van der Waals surface area contributed by atoms with Crippen LogP contribution in [0.1, 0.15) is 34.6 Å². The molecule has 0 saturated carbocycles. The van der Waals surface area contributed by atoms with Gasteiger partial charge in [-0.25, -0.2) is 5.48 Å². The first kappa shape index (κ1) is 19.6. The van der Waals surface area contributed by atoms with Crippen LogP contribution in [0.25, 0.3) is 0 Å². The van der Waals surface area contributed by atoms with Crippen LogP contribution in [0.4, 0.5) is 0 Å². The van der Waals surface area contributed by atoms with Crippen molar-refractivity contribution in [3.63, 3.8) is 0 Å². The van der Waals surface area contributed by atoms with E-state index in [0.717, 1.165) is 0 Å². The Labute approximate surface area is 145 Å². The molecule has 1 N–H and O–H groups in total. The molecular formula is C15H23NO9. The molecule has 0 unspecified atom stereocenters. The molecule has 2 saturated heterocycles. The second kappa shape index (κ2) is 7.65. The van der Waals surface area contributed by atoms with E-state index in [4.69, 9.17) is 28.5 Å². The van der Waals surface area contributed by atoms with Gasteiger partial charge in [0.25, 0.3) is 0 Å². The molecule has 0 spiro atoms. The van der Waals surface area contributed by atoms with E-state index >= 15 is 0 Å². The number of rotatable bonds is 6. The predicted octanol–water partition coefficient (Wildman–Crippen LogP) is -0.206. The fourth-order valence-electron chi connectivity index (χ4n) is 2.70. The van der Waals surface area contributed by atoms with Gasteiger partial charge in [0.2, 0.25) is 5.91 Å². The first-order chi connectivity index (χ1) is 11.6. The van der Waals surface area contributed by atoms with Crippen LogP contribution in [0.3, 0.4) is 0 Å². The van der Waals surface area contributed by atoms with Gasteiger partial charge < -0.3 is 23.7 Å². The molecule has 0 aromatic carbocycles. The summed E-state index contributed by atoms with van der Waals surface area (Å²) in [5.74, 6) is -2.45. The van der Waals surface area contributed by atoms with Crippen molar-refractivity contribution in [2.45, 2.75) is 71.1 Å². The Kier molecular flexibility index (Phi) is 5.99. The first-order valence-electron chi connectivity index (χ1n) is 7.83. The van der Waals surface area contributed by atoms with E-state index in [1.165, 1.54) is 20.8 Å². The van der Waals surface area contributed by atoms with Crippen LogP contribution in [0.15, 0.2) is 0 Å². The van der Waals surface area contributed by atoms with Crippen molar-refractivity contribution in [3.05, 3.63) is 0 Å². The van der Waals surface area contributed by atoms with Crippen LogP contribution in [-0.2, 0) is 42.9 Å². The van der Waals surface area contributed by atoms with Crippen molar-refractivity contribution in [2.24, 2.45) is 0 Å². The zero-order valence-electron chi connectivity index (χ0n) is 14.8. The average molecular weight is 361 g/mol. The fourth-order valence-corrected chi connectivity index (χ4v) is 2.70. The molecule has 142 valence electrons. The van der Waals surface area contributed by atoms with Crippen LogP contribution in [0, 0.1) is 0 Å². The van der Waals surface area contributed by atoms with Gasteiger partial charge in [-0.05, 0) is 13.8 Å². The zero-order valence-corrected chi connectivity index (χ0v) is 14.8. The normalized spacial score (nSPS) is 31.1. The Hall–Kier alpha value is -1.75.